The largest absolute Gasteiger partial charge is 0.480 e. The molecule has 2 atom stereocenters. The van der Waals surface area contributed by atoms with Crippen molar-refractivity contribution in [2.45, 2.75) is 24.9 Å². The molecule has 6 N–H and O–H groups in total. The quantitative estimate of drug-likeness (QED) is 0.355. The van der Waals surface area contributed by atoms with Gasteiger partial charge in [0.05, 0.1) is 12.4 Å². The van der Waals surface area contributed by atoms with Crippen LogP contribution < -0.4 is 16.4 Å². The maximum absolute atomic E-state index is 12.1. The molecule has 1 rings (SSSR count). The van der Waals surface area contributed by atoms with Gasteiger partial charge >= 0.3 is 5.97 Å². The lowest BCUT2D eigenvalue weighted by Crippen LogP contribution is -2.53. The van der Waals surface area contributed by atoms with Crippen LogP contribution in [0.25, 0.3) is 0 Å². The minimum absolute atomic E-state index is 0.159. The van der Waals surface area contributed by atoms with Crippen LogP contribution in [0.15, 0.2) is 12.5 Å². The van der Waals surface area contributed by atoms with E-state index in [1.54, 1.807) is 11.8 Å². The van der Waals surface area contributed by atoms with Crippen molar-refractivity contribution < 1.29 is 19.5 Å². The molecule has 23 heavy (non-hydrogen) atoms. The van der Waals surface area contributed by atoms with Crippen molar-refractivity contribution in [3.05, 3.63) is 18.2 Å². The number of H-pyrrole nitrogens is 1. The fourth-order valence-corrected chi connectivity index (χ4v) is 2.26. The lowest BCUT2D eigenvalue weighted by Gasteiger charge is -2.19. The Labute approximate surface area is 137 Å². The van der Waals surface area contributed by atoms with Crippen molar-refractivity contribution in [2.24, 2.45) is 5.73 Å². The van der Waals surface area contributed by atoms with E-state index in [1.165, 1.54) is 12.5 Å². The van der Waals surface area contributed by atoms with Gasteiger partial charge in [-0.3, -0.25) is 14.4 Å². The topological polar surface area (TPSA) is 150 Å². The molecule has 1 aromatic rings. The second-order valence-corrected chi connectivity index (χ2v) is 5.83. The number of aromatic amines is 1. The molecule has 128 valence electrons. The van der Waals surface area contributed by atoms with Crippen LogP contribution >= 0.6 is 11.8 Å². The maximum Gasteiger partial charge on any atom is 0.322 e. The second-order valence-electron chi connectivity index (χ2n) is 4.84. The molecule has 0 aliphatic rings. The molecule has 0 spiro atoms. The van der Waals surface area contributed by atoms with E-state index in [2.05, 4.69) is 20.6 Å². The number of thioether (sulfide) groups is 1. The van der Waals surface area contributed by atoms with Gasteiger partial charge in [0.2, 0.25) is 11.8 Å². The van der Waals surface area contributed by atoms with E-state index in [-0.39, 0.29) is 6.42 Å². The molecule has 1 heterocycles. The SMILES string of the molecule is CSCCC(N)C(=O)NC(Cc1cnc[nH]1)C(=O)NCC(=O)O. The van der Waals surface area contributed by atoms with Crippen molar-refractivity contribution in [3.8, 4) is 0 Å². The highest BCUT2D eigenvalue weighted by Gasteiger charge is 2.24. The highest BCUT2D eigenvalue weighted by Crippen LogP contribution is 2.02. The molecule has 0 aromatic carbocycles. The number of aromatic nitrogens is 2. The first kappa shape index (κ1) is 19.0. The van der Waals surface area contributed by atoms with Gasteiger partial charge in [-0.2, -0.15) is 11.8 Å². The summed E-state index contributed by atoms with van der Waals surface area (Å²) in [5.41, 5.74) is 6.41. The minimum Gasteiger partial charge on any atom is -0.480 e. The third kappa shape index (κ3) is 7.15. The van der Waals surface area contributed by atoms with E-state index in [0.29, 0.717) is 12.1 Å². The molecule has 9 nitrogen and oxygen atoms in total. The summed E-state index contributed by atoms with van der Waals surface area (Å²) < 4.78 is 0. The van der Waals surface area contributed by atoms with Gasteiger partial charge in [0.25, 0.3) is 0 Å². The number of rotatable bonds is 10. The second kappa shape index (κ2) is 9.85. The molecule has 0 fully saturated rings. The molecule has 10 heteroatoms. The highest BCUT2D eigenvalue weighted by molar-refractivity contribution is 7.98. The summed E-state index contributed by atoms with van der Waals surface area (Å²) in [6.07, 6.45) is 5.53. The van der Waals surface area contributed by atoms with E-state index >= 15 is 0 Å². The molecule has 2 amide bonds. The summed E-state index contributed by atoms with van der Waals surface area (Å²) in [4.78, 5) is 41.4. The van der Waals surface area contributed by atoms with Gasteiger partial charge in [0.15, 0.2) is 0 Å². The van der Waals surface area contributed by atoms with Crippen LogP contribution in [0.5, 0.6) is 0 Å². The van der Waals surface area contributed by atoms with Crippen LogP contribution in [0, 0.1) is 0 Å². The van der Waals surface area contributed by atoms with Crippen molar-refractivity contribution in [3.63, 3.8) is 0 Å². The zero-order valence-corrected chi connectivity index (χ0v) is 13.6. The van der Waals surface area contributed by atoms with Gasteiger partial charge in [0, 0.05) is 18.3 Å². The third-order valence-electron chi connectivity index (χ3n) is 3.00. The fraction of sp³-hybridized carbons (Fsp3) is 0.538. The monoisotopic (exact) mass is 343 g/mol. The van der Waals surface area contributed by atoms with Crippen LogP contribution in [0.1, 0.15) is 12.1 Å². The Morgan fingerprint density at radius 2 is 2.17 bits per heavy atom. The average molecular weight is 343 g/mol. The van der Waals surface area contributed by atoms with E-state index in [4.69, 9.17) is 10.8 Å². The Morgan fingerprint density at radius 3 is 2.74 bits per heavy atom. The number of amides is 2. The van der Waals surface area contributed by atoms with Gasteiger partial charge < -0.3 is 26.5 Å². The molecular weight excluding hydrogens is 322 g/mol. The summed E-state index contributed by atoms with van der Waals surface area (Å²) in [6, 6.07) is -1.65. The summed E-state index contributed by atoms with van der Waals surface area (Å²) in [5.74, 6) is -1.48. The third-order valence-corrected chi connectivity index (χ3v) is 3.64. The summed E-state index contributed by atoms with van der Waals surface area (Å²) in [6.45, 7) is -0.521. The van der Waals surface area contributed by atoms with E-state index in [1.807, 2.05) is 6.26 Å². The first-order valence-electron chi connectivity index (χ1n) is 6.95. The van der Waals surface area contributed by atoms with Gasteiger partial charge in [-0.25, -0.2) is 4.98 Å². The highest BCUT2D eigenvalue weighted by atomic mass is 32.2. The van der Waals surface area contributed by atoms with E-state index < -0.39 is 36.4 Å². The minimum atomic E-state index is -1.17. The molecule has 0 radical (unpaired) electrons. The Hall–Kier alpha value is -2.07. The number of carbonyl (C=O) groups is 3. The van der Waals surface area contributed by atoms with E-state index in [0.717, 1.165) is 5.75 Å². The number of carbonyl (C=O) groups excluding carboxylic acids is 2. The van der Waals surface area contributed by atoms with Gasteiger partial charge in [-0.1, -0.05) is 0 Å². The Balaban J connectivity index is 2.68. The molecule has 0 aliphatic heterocycles. The van der Waals surface area contributed by atoms with Crippen LogP contribution in [0.4, 0.5) is 0 Å². The summed E-state index contributed by atoms with van der Waals surface area (Å²) in [5, 5.41) is 13.4. The number of imidazole rings is 1. The fourth-order valence-electron chi connectivity index (χ4n) is 1.77. The van der Waals surface area contributed by atoms with Crippen LogP contribution in [-0.2, 0) is 20.8 Å². The van der Waals surface area contributed by atoms with Crippen molar-refractivity contribution in [2.75, 3.05) is 18.6 Å². The number of hydrogen-bond acceptors (Lipinski definition) is 6. The molecule has 2 unspecified atom stereocenters. The number of nitrogens with one attached hydrogen (secondary N) is 3. The summed E-state index contributed by atoms with van der Waals surface area (Å²) >= 11 is 1.57. The zero-order chi connectivity index (χ0) is 17.2. The van der Waals surface area contributed by atoms with Crippen molar-refractivity contribution in [1.29, 1.82) is 0 Å². The van der Waals surface area contributed by atoms with Gasteiger partial charge in [-0.15, -0.1) is 0 Å². The first-order chi connectivity index (χ1) is 10.9. The molecule has 0 bridgehead atoms. The number of nitrogens with two attached hydrogens (primary N) is 1. The number of nitrogens with zero attached hydrogens (tertiary/aromatic N) is 1. The molecule has 1 aromatic heterocycles. The van der Waals surface area contributed by atoms with Gasteiger partial charge in [-0.05, 0) is 18.4 Å². The molecule has 0 aliphatic carbocycles. The lowest BCUT2D eigenvalue weighted by molar-refractivity contribution is -0.138. The molecule has 0 saturated carbocycles. The summed E-state index contributed by atoms with van der Waals surface area (Å²) in [7, 11) is 0. The van der Waals surface area contributed by atoms with Crippen LogP contribution in [-0.4, -0.2) is 63.5 Å². The van der Waals surface area contributed by atoms with Crippen LogP contribution in [0.2, 0.25) is 0 Å². The Morgan fingerprint density at radius 1 is 1.43 bits per heavy atom. The number of hydrogen-bond donors (Lipinski definition) is 5. The van der Waals surface area contributed by atoms with Crippen LogP contribution in [0.3, 0.4) is 0 Å². The molecular formula is C13H21N5O4S. The number of carboxylic acids is 1. The van der Waals surface area contributed by atoms with Crippen molar-refractivity contribution >= 4 is 29.5 Å². The lowest BCUT2D eigenvalue weighted by atomic mass is 10.1. The number of carboxylic acid groups (broad SMARTS) is 1. The molecule has 0 saturated heterocycles. The Kier molecular flexibility index (Phi) is 8.13. The average Bonchev–Trinajstić information content (AvgIpc) is 3.02. The Bertz CT molecular complexity index is 522. The van der Waals surface area contributed by atoms with Crippen molar-refractivity contribution in [1.82, 2.24) is 20.6 Å². The maximum atomic E-state index is 12.1. The van der Waals surface area contributed by atoms with Gasteiger partial charge in [0.1, 0.15) is 12.6 Å². The predicted molar refractivity (Wildman–Crippen MR) is 85.8 cm³/mol. The normalized spacial score (nSPS) is 13.1. The smallest absolute Gasteiger partial charge is 0.322 e. The van der Waals surface area contributed by atoms with E-state index in [9.17, 15) is 14.4 Å². The first-order valence-corrected chi connectivity index (χ1v) is 8.35. The number of aliphatic carboxylic acids is 1. The predicted octanol–water partition coefficient (Wildman–Crippen LogP) is -1.28. The zero-order valence-electron chi connectivity index (χ0n) is 12.7. The standard InChI is InChI=1S/C13H21N5O4S/c1-23-3-2-9(14)12(21)18-10(4-8-5-15-7-17-8)13(22)16-6-11(19)20/h5,7,9-10H,2-4,6,14H2,1H3,(H,15,17)(H,16,22)(H,18,21)(H,19,20).